The zero-order chi connectivity index (χ0) is 8.97. The quantitative estimate of drug-likeness (QED) is 0.463. The molecule has 0 aromatic heterocycles. The maximum Gasteiger partial charge on any atom is 0.434 e. The summed E-state index contributed by atoms with van der Waals surface area (Å²) in [5, 5.41) is 0. The van der Waals surface area contributed by atoms with E-state index in [4.69, 9.17) is 5.73 Å². The summed E-state index contributed by atoms with van der Waals surface area (Å²) in [6, 6.07) is 8.03. The molecular formula is C8H6NO3. The summed E-state index contributed by atoms with van der Waals surface area (Å²) >= 11 is 0. The topological polar surface area (TPSA) is 67.2 Å². The predicted octanol–water partition coefficient (Wildman–Crippen LogP) is 1.25. The first-order valence-corrected chi connectivity index (χ1v) is 3.23. The number of carbonyl (C=O) groups excluding carboxylic acids is 2. The predicted molar refractivity (Wildman–Crippen MR) is 40.4 cm³/mol. The molecule has 1 radical (unpaired) electrons. The maximum atomic E-state index is 10.9. The average molecular weight is 164 g/mol. The Hall–Kier alpha value is -1.84. The highest BCUT2D eigenvalue weighted by atomic mass is 16.6. The van der Waals surface area contributed by atoms with Crippen LogP contribution in [0.3, 0.4) is 0 Å². The zero-order valence-electron chi connectivity index (χ0n) is 6.11. The van der Waals surface area contributed by atoms with Gasteiger partial charge in [0.25, 0.3) is 0 Å². The van der Waals surface area contributed by atoms with Crippen molar-refractivity contribution in [2.45, 2.75) is 0 Å². The van der Waals surface area contributed by atoms with Crippen molar-refractivity contribution >= 4 is 12.1 Å². The first kappa shape index (κ1) is 8.26. The van der Waals surface area contributed by atoms with Gasteiger partial charge in [-0.25, -0.2) is 15.3 Å². The van der Waals surface area contributed by atoms with Gasteiger partial charge in [-0.05, 0) is 12.1 Å². The van der Waals surface area contributed by atoms with Crippen LogP contribution < -0.4 is 5.73 Å². The molecule has 0 saturated heterocycles. The average Bonchev–Trinajstić information content (AvgIpc) is 2.05. The van der Waals surface area contributed by atoms with E-state index in [9.17, 15) is 9.59 Å². The molecule has 0 fully saturated rings. The fourth-order valence-electron chi connectivity index (χ4n) is 0.717. The van der Waals surface area contributed by atoms with Crippen LogP contribution in [-0.4, -0.2) is 12.1 Å². The molecule has 1 aromatic rings. The van der Waals surface area contributed by atoms with Crippen molar-refractivity contribution in [3.8, 4) is 0 Å². The molecule has 0 bridgehead atoms. The van der Waals surface area contributed by atoms with Crippen LogP contribution in [0.5, 0.6) is 0 Å². The van der Waals surface area contributed by atoms with Crippen LogP contribution in [0.15, 0.2) is 30.3 Å². The minimum Gasteiger partial charge on any atom is -0.371 e. The van der Waals surface area contributed by atoms with Gasteiger partial charge in [-0.2, -0.15) is 0 Å². The Morgan fingerprint density at radius 2 is 1.75 bits per heavy atom. The molecule has 4 nitrogen and oxygen atoms in total. The maximum absolute atomic E-state index is 10.9. The highest BCUT2D eigenvalue weighted by molar-refractivity contribution is 5.95. The zero-order valence-corrected chi connectivity index (χ0v) is 6.11. The number of rotatable bonds is 1. The van der Waals surface area contributed by atoms with Gasteiger partial charge in [0.2, 0.25) is 0 Å². The van der Waals surface area contributed by atoms with E-state index in [2.05, 4.69) is 4.74 Å². The molecule has 0 aliphatic heterocycles. The second-order valence-corrected chi connectivity index (χ2v) is 2.04. The molecule has 1 amide bonds. The van der Waals surface area contributed by atoms with Crippen LogP contribution in [0.25, 0.3) is 0 Å². The van der Waals surface area contributed by atoms with E-state index in [0.717, 1.165) is 0 Å². The molecule has 12 heavy (non-hydrogen) atoms. The summed E-state index contributed by atoms with van der Waals surface area (Å²) in [6.45, 7) is 0. The van der Waals surface area contributed by atoms with Crippen molar-refractivity contribution in [3.63, 3.8) is 0 Å². The van der Waals surface area contributed by atoms with E-state index in [0.29, 0.717) is 0 Å². The standard InChI is InChI=1S/C8H6NO3/c9-8(11)12-7(10)6-4-2-1-3-5-6/h1-5,9H. The lowest BCUT2D eigenvalue weighted by Crippen LogP contribution is -2.10. The van der Waals surface area contributed by atoms with Crippen molar-refractivity contribution in [3.05, 3.63) is 35.9 Å². The largest absolute Gasteiger partial charge is 0.434 e. The number of nitrogens with one attached hydrogen (secondary N) is 1. The third kappa shape index (κ3) is 2.09. The Labute approximate surface area is 68.9 Å². The third-order valence-electron chi connectivity index (χ3n) is 1.19. The second kappa shape index (κ2) is 3.52. The molecule has 1 rings (SSSR count). The van der Waals surface area contributed by atoms with Crippen LogP contribution in [0, 0.1) is 0 Å². The molecule has 4 heteroatoms. The molecule has 0 saturated carbocycles. The Bertz CT molecular complexity index is 294. The number of hydrogen-bond acceptors (Lipinski definition) is 3. The van der Waals surface area contributed by atoms with Crippen molar-refractivity contribution in [2.75, 3.05) is 0 Å². The summed E-state index contributed by atoms with van der Waals surface area (Å²) in [4.78, 5) is 20.9. The molecular weight excluding hydrogens is 158 g/mol. The first-order chi connectivity index (χ1) is 5.70. The second-order valence-electron chi connectivity index (χ2n) is 2.04. The van der Waals surface area contributed by atoms with Gasteiger partial charge in [0.05, 0.1) is 5.56 Å². The van der Waals surface area contributed by atoms with Crippen LogP contribution in [0.4, 0.5) is 4.79 Å². The monoisotopic (exact) mass is 164 g/mol. The lowest BCUT2D eigenvalue weighted by Gasteiger charge is -1.96. The van der Waals surface area contributed by atoms with E-state index in [1.807, 2.05) is 0 Å². The lowest BCUT2D eigenvalue weighted by molar-refractivity contribution is 0.0635. The van der Waals surface area contributed by atoms with E-state index in [1.165, 1.54) is 12.1 Å². The molecule has 1 aromatic carbocycles. The van der Waals surface area contributed by atoms with Crippen molar-refractivity contribution in [1.29, 1.82) is 0 Å². The molecule has 0 heterocycles. The molecule has 0 atom stereocenters. The summed E-state index contributed by atoms with van der Waals surface area (Å²) in [7, 11) is 0. The summed E-state index contributed by atoms with van der Waals surface area (Å²) in [6.07, 6.45) is -1.34. The minimum atomic E-state index is -1.34. The number of benzene rings is 1. The van der Waals surface area contributed by atoms with Gasteiger partial charge in [-0.15, -0.1) is 0 Å². The summed E-state index contributed by atoms with van der Waals surface area (Å²) < 4.78 is 4.03. The number of amides is 1. The molecule has 0 unspecified atom stereocenters. The number of esters is 1. The van der Waals surface area contributed by atoms with Crippen molar-refractivity contribution < 1.29 is 14.3 Å². The molecule has 0 spiro atoms. The number of carbonyl (C=O) groups is 2. The normalized spacial score (nSPS) is 9.00. The van der Waals surface area contributed by atoms with Crippen LogP contribution in [0.2, 0.25) is 0 Å². The van der Waals surface area contributed by atoms with Gasteiger partial charge in [0.15, 0.2) is 0 Å². The Kier molecular flexibility index (Phi) is 2.42. The van der Waals surface area contributed by atoms with E-state index >= 15 is 0 Å². The van der Waals surface area contributed by atoms with Gasteiger partial charge >= 0.3 is 12.1 Å². The Morgan fingerprint density at radius 1 is 1.17 bits per heavy atom. The Balaban J connectivity index is 2.73. The van der Waals surface area contributed by atoms with Gasteiger partial charge in [0, 0.05) is 0 Å². The van der Waals surface area contributed by atoms with Crippen molar-refractivity contribution in [1.82, 2.24) is 5.73 Å². The van der Waals surface area contributed by atoms with E-state index in [-0.39, 0.29) is 5.56 Å². The van der Waals surface area contributed by atoms with Gasteiger partial charge in [0.1, 0.15) is 0 Å². The molecule has 0 aliphatic rings. The van der Waals surface area contributed by atoms with Gasteiger partial charge in [-0.1, -0.05) is 18.2 Å². The van der Waals surface area contributed by atoms with Crippen LogP contribution >= 0.6 is 0 Å². The van der Waals surface area contributed by atoms with E-state index < -0.39 is 12.1 Å². The molecule has 61 valence electrons. The third-order valence-corrected chi connectivity index (χ3v) is 1.19. The number of ether oxygens (including phenoxy) is 1. The fraction of sp³-hybridized carbons (Fsp3) is 0. The highest BCUT2D eigenvalue weighted by Crippen LogP contribution is 2.00. The lowest BCUT2D eigenvalue weighted by atomic mass is 10.2. The van der Waals surface area contributed by atoms with Gasteiger partial charge < -0.3 is 4.74 Å². The minimum absolute atomic E-state index is 0.262. The smallest absolute Gasteiger partial charge is 0.371 e. The van der Waals surface area contributed by atoms with Gasteiger partial charge in [-0.3, -0.25) is 0 Å². The van der Waals surface area contributed by atoms with E-state index in [1.54, 1.807) is 18.2 Å². The number of hydrogen-bond donors (Lipinski definition) is 0. The van der Waals surface area contributed by atoms with Crippen LogP contribution in [-0.2, 0) is 4.74 Å². The first-order valence-electron chi connectivity index (χ1n) is 3.23. The highest BCUT2D eigenvalue weighted by Gasteiger charge is 2.08. The summed E-state index contributed by atoms with van der Waals surface area (Å²) in [5.74, 6) is -0.796. The fourth-order valence-corrected chi connectivity index (χ4v) is 0.717. The Morgan fingerprint density at radius 3 is 2.25 bits per heavy atom. The molecule has 1 N–H and O–H groups in total. The summed E-state index contributed by atoms with van der Waals surface area (Å²) in [5.41, 5.74) is 6.64. The van der Waals surface area contributed by atoms with Crippen molar-refractivity contribution in [2.24, 2.45) is 0 Å². The SMILES string of the molecule is [NH]C(=O)OC(=O)c1ccccc1. The van der Waals surface area contributed by atoms with Crippen LogP contribution in [0.1, 0.15) is 10.4 Å². The molecule has 0 aliphatic carbocycles.